The summed E-state index contributed by atoms with van der Waals surface area (Å²) in [5.74, 6) is -1.76. The van der Waals surface area contributed by atoms with Gasteiger partial charge in [0.15, 0.2) is 0 Å². The number of phenolic OH excluding ortho intramolecular Hbond substituents is 1. The Morgan fingerprint density at radius 1 is 1.43 bits per heavy atom. The van der Waals surface area contributed by atoms with Crippen molar-refractivity contribution in [2.45, 2.75) is 25.4 Å². The molecule has 2 atom stereocenters. The molecule has 3 rings (SSSR count). The molecule has 0 radical (unpaired) electrons. The maximum atomic E-state index is 13.9. The number of rotatable bonds is 1. The van der Waals surface area contributed by atoms with Crippen LogP contribution in [-0.2, 0) is 4.79 Å². The highest BCUT2D eigenvalue weighted by atomic mass is 19.1. The van der Waals surface area contributed by atoms with E-state index in [1.165, 1.54) is 11.0 Å². The van der Waals surface area contributed by atoms with E-state index < -0.39 is 23.2 Å². The number of likely N-dealkylation sites (tertiary alicyclic amines) is 1. The van der Waals surface area contributed by atoms with Crippen molar-refractivity contribution in [1.82, 2.24) is 10.2 Å². The van der Waals surface area contributed by atoms with E-state index in [-0.39, 0.29) is 36.7 Å². The Morgan fingerprint density at radius 2 is 2.22 bits per heavy atom. The number of carbonyl (C=O) groups excluding carboxylic acids is 2. The lowest BCUT2D eigenvalue weighted by molar-refractivity contribution is -0.147. The van der Waals surface area contributed by atoms with Gasteiger partial charge in [-0.05, 0) is 37.5 Å². The van der Waals surface area contributed by atoms with Gasteiger partial charge >= 0.3 is 0 Å². The number of aliphatic hydroxyl groups excluding tert-OH is 1. The van der Waals surface area contributed by atoms with Gasteiger partial charge in [-0.25, -0.2) is 4.39 Å². The average molecular weight is 322 g/mol. The molecule has 23 heavy (non-hydrogen) atoms. The molecule has 2 heterocycles. The largest absolute Gasteiger partial charge is 0.508 e. The van der Waals surface area contributed by atoms with Gasteiger partial charge in [0.05, 0.1) is 17.1 Å². The molecule has 2 fully saturated rings. The molecule has 2 aliphatic rings. The molecule has 2 saturated heterocycles. The van der Waals surface area contributed by atoms with Crippen LogP contribution < -0.4 is 5.32 Å². The number of hydrogen-bond donors (Lipinski definition) is 3. The number of hydrogen-bond acceptors (Lipinski definition) is 4. The fraction of sp³-hybridized carbons (Fsp3) is 0.500. The summed E-state index contributed by atoms with van der Waals surface area (Å²) in [4.78, 5) is 26.2. The van der Waals surface area contributed by atoms with E-state index in [0.717, 1.165) is 18.6 Å². The van der Waals surface area contributed by atoms with Crippen LogP contribution in [0.3, 0.4) is 0 Å². The highest BCUT2D eigenvalue weighted by molar-refractivity contribution is 5.95. The predicted molar refractivity (Wildman–Crippen MR) is 79.3 cm³/mol. The number of benzene rings is 1. The van der Waals surface area contributed by atoms with Crippen LogP contribution in [0.5, 0.6) is 5.75 Å². The smallest absolute Gasteiger partial charge is 0.257 e. The predicted octanol–water partition coefficient (Wildman–Crippen LogP) is 0.634. The third-order valence-corrected chi connectivity index (χ3v) is 4.79. The van der Waals surface area contributed by atoms with Crippen LogP contribution in [0.15, 0.2) is 18.2 Å². The molecule has 124 valence electrons. The van der Waals surface area contributed by atoms with Crippen LogP contribution in [0.2, 0.25) is 0 Å². The van der Waals surface area contributed by atoms with E-state index >= 15 is 0 Å². The Morgan fingerprint density at radius 3 is 2.96 bits per heavy atom. The number of nitrogens with zero attached hydrogens (tertiary/aromatic N) is 1. The maximum absolute atomic E-state index is 13.9. The molecule has 1 spiro atoms. The molecular formula is C16H19FN2O4. The van der Waals surface area contributed by atoms with Crippen molar-refractivity contribution >= 4 is 11.8 Å². The van der Waals surface area contributed by atoms with Crippen molar-refractivity contribution in [3.63, 3.8) is 0 Å². The monoisotopic (exact) mass is 322 g/mol. The van der Waals surface area contributed by atoms with Gasteiger partial charge in [0.25, 0.3) is 5.91 Å². The van der Waals surface area contributed by atoms with Gasteiger partial charge in [0, 0.05) is 19.6 Å². The molecule has 7 heteroatoms. The second kappa shape index (κ2) is 5.81. The minimum atomic E-state index is -1.03. The first-order valence-electron chi connectivity index (χ1n) is 7.68. The standard InChI is InChI=1S/C16H19FN2O4/c17-12-3-2-10(20)8-11(12)14(22)19-7-4-13(21)16(9-19)5-1-6-18-15(16)23/h2-3,8,13,20-21H,1,4-7,9H2,(H,18,23)/t13-,16+/m0/s1. The zero-order valence-corrected chi connectivity index (χ0v) is 12.6. The SMILES string of the molecule is O=C(c1cc(O)ccc1F)N1CC[C@H](O)[C@@]2(CCCNC2=O)C1. The molecule has 2 amide bonds. The summed E-state index contributed by atoms with van der Waals surface area (Å²) in [5.41, 5.74) is -1.26. The number of aromatic hydroxyl groups is 1. The van der Waals surface area contributed by atoms with Gasteiger partial charge < -0.3 is 20.4 Å². The van der Waals surface area contributed by atoms with Crippen molar-refractivity contribution in [2.75, 3.05) is 19.6 Å². The Bertz CT molecular complexity index is 651. The zero-order chi connectivity index (χ0) is 16.6. The van der Waals surface area contributed by atoms with Crippen LogP contribution in [-0.4, -0.2) is 52.7 Å². The van der Waals surface area contributed by atoms with E-state index in [1.54, 1.807) is 0 Å². The first-order chi connectivity index (χ1) is 10.9. The van der Waals surface area contributed by atoms with Crippen molar-refractivity contribution in [3.8, 4) is 5.75 Å². The number of phenols is 1. The topological polar surface area (TPSA) is 89.9 Å². The second-order valence-corrected chi connectivity index (χ2v) is 6.21. The number of carbonyl (C=O) groups is 2. The number of nitrogens with one attached hydrogen (secondary N) is 1. The van der Waals surface area contributed by atoms with Gasteiger partial charge in [0.2, 0.25) is 5.91 Å². The van der Waals surface area contributed by atoms with Gasteiger partial charge in [-0.1, -0.05) is 0 Å². The first kappa shape index (κ1) is 15.7. The lowest BCUT2D eigenvalue weighted by Crippen LogP contribution is -2.62. The molecular weight excluding hydrogens is 303 g/mol. The highest BCUT2D eigenvalue weighted by Crippen LogP contribution is 2.37. The molecule has 1 aromatic rings. The minimum absolute atomic E-state index is 0.0495. The van der Waals surface area contributed by atoms with Crippen LogP contribution in [0.25, 0.3) is 0 Å². The molecule has 2 aliphatic heterocycles. The van der Waals surface area contributed by atoms with Crippen molar-refractivity contribution in [2.24, 2.45) is 5.41 Å². The third kappa shape index (κ3) is 2.65. The zero-order valence-electron chi connectivity index (χ0n) is 12.6. The van der Waals surface area contributed by atoms with Gasteiger partial charge in [-0.2, -0.15) is 0 Å². The lowest BCUT2D eigenvalue weighted by atomic mass is 9.71. The average Bonchev–Trinajstić information content (AvgIpc) is 2.54. The number of piperidine rings is 2. The Balaban J connectivity index is 1.87. The Hall–Kier alpha value is -2.15. The highest BCUT2D eigenvalue weighted by Gasteiger charge is 2.50. The van der Waals surface area contributed by atoms with E-state index in [9.17, 15) is 24.2 Å². The summed E-state index contributed by atoms with van der Waals surface area (Å²) in [7, 11) is 0. The molecule has 0 aromatic heterocycles. The van der Waals surface area contributed by atoms with E-state index in [1.807, 2.05) is 0 Å². The van der Waals surface area contributed by atoms with E-state index in [2.05, 4.69) is 5.32 Å². The minimum Gasteiger partial charge on any atom is -0.508 e. The second-order valence-electron chi connectivity index (χ2n) is 6.21. The Labute approximate surface area is 132 Å². The van der Waals surface area contributed by atoms with Crippen LogP contribution in [0.4, 0.5) is 4.39 Å². The Kier molecular flexibility index (Phi) is 3.97. The first-order valence-corrected chi connectivity index (χ1v) is 7.68. The van der Waals surface area contributed by atoms with Crippen LogP contribution in [0.1, 0.15) is 29.6 Å². The number of amides is 2. The molecule has 6 nitrogen and oxygen atoms in total. The summed E-state index contributed by atoms with van der Waals surface area (Å²) >= 11 is 0. The quantitative estimate of drug-likeness (QED) is 0.707. The summed E-state index contributed by atoms with van der Waals surface area (Å²) < 4.78 is 13.9. The van der Waals surface area contributed by atoms with Gasteiger partial charge in [-0.3, -0.25) is 9.59 Å². The summed E-state index contributed by atoms with van der Waals surface area (Å²) in [6, 6.07) is 3.28. The molecule has 0 saturated carbocycles. The van der Waals surface area contributed by atoms with E-state index in [0.29, 0.717) is 13.0 Å². The normalized spacial score (nSPS) is 27.8. The molecule has 0 bridgehead atoms. The van der Waals surface area contributed by atoms with Gasteiger partial charge in [-0.15, -0.1) is 0 Å². The summed E-state index contributed by atoms with van der Waals surface area (Å²) in [6.07, 6.45) is 0.665. The summed E-state index contributed by atoms with van der Waals surface area (Å²) in [6.45, 7) is 0.848. The van der Waals surface area contributed by atoms with Crippen molar-refractivity contribution in [1.29, 1.82) is 0 Å². The van der Waals surface area contributed by atoms with E-state index in [4.69, 9.17) is 0 Å². The van der Waals surface area contributed by atoms with Crippen LogP contribution >= 0.6 is 0 Å². The number of aliphatic hydroxyl groups is 1. The molecule has 3 N–H and O–H groups in total. The van der Waals surface area contributed by atoms with Crippen molar-refractivity contribution in [3.05, 3.63) is 29.6 Å². The summed E-state index contributed by atoms with van der Waals surface area (Å²) in [5, 5.41) is 22.5. The molecule has 1 aromatic carbocycles. The maximum Gasteiger partial charge on any atom is 0.257 e. The van der Waals surface area contributed by atoms with Crippen LogP contribution in [0, 0.1) is 11.2 Å². The lowest BCUT2D eigenvalue weighted by Gasteiger charge is -2.46. The molecule has 0 unspecified atom stereocenters. The van der Waals surface area contributed by atoms with Gasteiger partial charge in [0.1, 0.15) is 11.6 Å². The molecule has 0 aliphatic carbocycles. The number of halogens is 1. The fourth-order valence-corrected chi connectivity index (χ4v) is 3.46. The van der Waals surface area contributed by atoms with Crippen molar-refractivity contribution < 1.29 is 24.2 Å². The third-order valence-electron chi connectivity index (χ3n) is 4.79. The fourth-order valence-electron chi connectivity index (χ4n) is 3.46.